The van der Waals surface area contributed by atoms with Gasteiger partial charge in [-0.15, -0.1) is 0 Å². The van der Waals surface area contributed by atoms with Crippen LogP contribution in [0.1, 0.15) is 79.6 Å². The highest BCUT2D eigenvalue weighted by Gasteiger charge is 2.61. The van der Waals surface area contributed by atoms with Crippen molar-refractivity contribution >= 4 is 0 Å². The Kier molecular flexibility index (Phi) is 3.10. The Balaban J connectivity index is 1.64. The van der Waals surface area contributed by atoms with Crippen LogP contribution in [0.15, 0.2) is 0 Å². The van der Waals surface area contributed by atoms with Gasteiger partial charge in [0.25, 0.3) is 0 Å². The molecule has 0 amide bonds. The lowest BCUT2D eigenvalue weighted by Crippen LogP contribution is -2.49. The van der Waals surface area contributed by atoms with Crippen LogP contribution >= 0.6 is 0 Å². The average Bonchev–Trinajstić information content (AvgIpc) is 2.65. The van der Waals surface area contributed by atoms with E-state index >= 15 is 0 Å². The van der Waals surface area contributed by atoms with Crippen molar-refractivity contribution in [1.29, 1.82) is 0 Å². The molecule has 3 aliphatic rings. The molecule has 0 aromatic carbocycles. The average molecular weight is 263 g/mol. The molecular formula is C18H33N. The Hall–Kier alpha value is -0.0400. The van der Waals surface area contributed by atoms with Gasteiger partial charge in [0.05, 0.1) is 0 Å². The second kappa shape index (κ2) is 4.23. The first-order valence-corrected chi connectivity index (χ1v) is 8.51. The number of nitrogens with one attached hydrogen (secondary N) is 1. The fourth-order valence-electron chi connectivity index (χ4n) is 5.31. The van der Waals surface area contributed by atoms with E-state index < -0.39 is 0 Å². The Morgan fingerprint density at radius 1 is 0.842 bits per heavy atom. The van der Waals surface area contributed by atoms with Crippen molar-refractivity contribution in [3.63, 3.8) is 0 Å². The smallest absolute Gasteiger partial charge is 0.0131 e. The molecule has 3 rings (SSSR count). The molecule has 0 saturated heterocycles. The molecule has 1 N–H and O–H groups in total. The number of hydrogen-bond donors (Lipinski definition) is 1. The van der Waals surface area contributed by atoms with Crippen LogP contribution < -0.4 is 5.32 Å². The molecule has 1 nitrogen and oxygen atoms in total. The van der Waals surface area contributed by atoms with E-state index in [2.05, 4.69) is 39.9 Å². The highest BCUT2D eigenvalue weighted by Crippen LogP contribution is 2.65. The maximum atomic E-state index is 4.08. The van der Waals surface area contributed by atoms with E-state index in [0.29, 0.717) is 16.2 Å². The highest BCUT2D eigenvalue weighted by molar-refractivity contribution is 5.13. The third-order valence-corrected chi connectivity index (χ3v) is 7.57. The SMILES string of the molecule is CC1(C)CCC(NC2CC3CCC2(C)C3(C)C)CC1. The van der Waals surface area contributed by atoms with Gasteiger partial charge in [-0.1, -0.05) is 34.6 Å². The fraction of sp³-hybridized carbons (Fsp3) is 1.00. The number of rotatable bonds is 2. The molecule has 0 radical (unpaired) electrons. The van der Waals surface area contributed by atoms with Gasteiger partial charge in [0.2, 0.25) is 0 Å². The number of hydrogen-bond acceptors (Lipinski definition) is 1. The summed E-state index contributed by atoms with van der Waals surface area (Å²) in [4.78, 5) is 0. The lowest BCUT2D eigenvalue weighted by molar-refractivity contribution is 0.103. The second-order valence-corrected chi connectivity index (χ2v) is 9.27. The third-order valence-electron chi connectivity index (χ3n) is 7.57. The molecule has 110 valence electrons. The van der Waals surface area contributed by atoms with Gasteiger partial charge in [0, 0.05) is 12.1 Å². The van der Waals surface area contributed by atoms with Crippen LogP contribution in [0.3, 0.4) is 0 Å². The minimum Gasteiger partial charge on any atom is -0.311 e. The van der Waals surface area contributed by atoms with Crippen molar-refractivity contribution in [1.82, 2.24) is 5.32 Å². The molecule has 0 aliphatic heterocycles. The minimum absolute atomic E-state index is 0.546. The summed E-state index contributed by atoms with van der Waals surface area (Å²) in [7, 11) is 0. The van der Waals surface area contributed by atoms with E-state index in [4.69, 9.17) is 0 Å². The summed E-state index contributed by atoms with van der Waals surface area (Å²) in [5.41, 5.74) is 1.69. The lowest BCUT2D eigenvalue weighted by Gasteiger charge is -2.43. The van der Waals surface area contributed by atoms with Crippen molar-refractivity contribution in [3.05, 3.63) is 0 Å². The van der Waals surface area contributed by atoms with Crippen molar-refractivity contribution < 1.29 is 0 Å². The standard InChI is InChI=1S/C18H33N/c1-16(2)9-7-14(8-10-16)19-15-12-13-6-11-18(15,5)17(13,3)4/h13-15,19H,6-12H2,1-5H3. The lowest BCUT2D eigenvalue weighted by atomic mass is 9.68. The van der Waals surface area contributed by atoms with E-state index in [1.54, 1.807) is 0 Å². The Labute approximate surface area is 119 Å². The van der Waals surface area contributed by atoms with Crippen LogP contribution in [0.5, 0.6) is 0 Å². The summed E-state index contributed by atoms with van der Waals surface area (Å²) in [6.07, 6.45) is 9.94. The first kappa shape index (κ1) is 13.9. The molecule has 19 heavy (non-hydrogen) atoms. The molecule has 0 aromatic rings. The Morgan fingerprint density at radius 2 is 1.47 bits per heavy atom. The van der Waals surface area contributed by atoms with Gasteiger partial charge in [-0.05, 0) is 67.1 Å². The Bertz CT molecular complexity index is 347. The van der Waals surface area contributed by atoms with Crippen LogP contribution in [0.2, 0.25) is 0 Å². The van der Waals surface area contributed by atoms with Gasteiger partial charge >= 0.3 is 0 Å². The summed E-state index contributed by atoms with van der Waals surface area (Å²) in [6, 6.07) is 1.58. The van der Waals surface area contributed by atoms with Crippen molar-refractivity contribution in [3.8, 4) is 0 Å². The summed E-state index contributed by atoms with van der Waals surface area (Å²) in [5.74, 6) is 0.968. The van der Waals surface area contributed by atoms with Crippen molar-refractivity contribution in [2.75, 3.05) is 0 Å². The Morgan fingerprint density at radius 3 is 1.95 bits per heavy atom. The normalized spacial score (nSPS) is 44.7. The first-order chi connectivity index (χ1) is 8.75. The van der Waals surface area contributed by atoms with Gasteiger partial charge in [0.1, 0.15) is 0 Å². The number of fused-ring (bicyclic) bond motifs is 2. The van der Waals surface area contributed by atoms with E-state index in [-0.39, 0.29) is 0 Å². The zero-order valence-corrected chi connectivity index (χ0v) is 13.7. The molecule has 2 bridgehead atoms. The van der Waals surface area contributed by atoms with Gasteiger partial charge in [0.15, 0.2) is 0 Å². The molecule has 1 heteroatoms. The summed E-state index contributed by atoms with van der Waals surface area (Å²) in [5, 5.41) is 4.08. The molecule has 0 spiro atoms. The summed E-state index contributed by atoms with van der Waals surface area (Å²) >= 11 is 0. The van der Waals surface area contributed by atoms with Gasteiger partial charge in [-0.25, -0.2) is 0 Å². The van der Waals surface area contributed by atoms with Crippen LogP contribution in [0.25, 0.3) is 0 Å². The summed E-state index contributed by atoms with van der Waals surface area (Å²) in [6.45, 7) is 12.5. The first-order valence-electron chi connectivity index (χ1n) is 8.51. The van der Waals surface area contributed by atoms with E-state index in [1.807, 2.05) is 0 Å². The van der Waals surface area contributed by atoms with Crippen LogP contribution in [-0.2, 0) is 0 Å². The molecule has 0 heterocycles. The van der Waals surface area contributed by atoms with Gasteiger partial charge < -0.3 is 5.32 Å². The topological polar surface area (TPSA) is 12.0 Å². The molecule has 3 unspecified atom stereocenters. The van der Waals surface area contributed by atoms with E-state index in [1.165, 1.54) is 44.9 Å². The van der Waals surface area contributed by atoms with E-state index in [0.717, 1.165) is 18.0 Å². The molecule has 3 aliphatic carbocycles. The largest absolute Gasteiger partial charge is 0.311 e. The molecule has 3 fully saturated rings. The maximum Gasteiger partial charge on any atom is 0.0131 e. The summed E-state index contributed by atoms with van der Waals surface area (Å²) < 4.78 is 0. The second-order valence-electron chi connectivity index (χ2n) is 9.27. The molecule has 3 atom stereocenters. The molecule has 3 saturated carbocycles. The quantitative estimate of drug-likeness (QED) is 0.757. The van der Waals surface area contributed by atoms with E-state index in [9.17, 15) is 0 Å². The van der Waals surface area contributed by atoms with Crippen LogP contribution in [0.4, 0.5) is 0 Å². The van der Waals surface area contributed by atoms with Crippen molar-refractivity contribution in [2.45, 2.75) is 91.6 Å². The van der Waals surface area contributed by atoms with Crippen LogP contribution in [0, 0.1) is 22.2 Å². The highest BCUT2D eigenvalue weighted by atomic mass is 15.0. The molecule has 0 aromatic heterocycles. The minimum atomic E-state index is 0.546. The predicted molar refractivity (Wildman–Crippen MR) is 82.2 cm³/mol. The monoisotopic (exact) mass is 263 g/mol. The van der Waals surface area contributed by atoms with Crippen molar-refractivity contribution in [2.24, 2.45) is 22.2 Å². The van der Waals surface area contributed by atoms with Gasteiger partial charge in [-0.3, -0.25) is 0 Å². The van der Waals surface area contributed by atoms with Crippen LogP contribution in [-0.4, -0.2) is 12.1 Å². The van der Waals surface area contributed by atoms with Gasteiger partial charge in [-0.2, -0.15) is 0 Å². The predicted octanol–water partition coefficient (Wildman–Crippen LogP) is 4.76. The molecular weight excluding hydrogens is 230 g/mol. The zero-order chi connectivity index (χ0) is 13.9. The third kappa shape index (κ3) is 2.07. The fourth-order valence-corrected chi connectivity index (χ4v) is 5.31. The zero-order valence-electron chi connectivity index (χ0n) is 13.7. The maximum absolute atomic E-state index is 4.08.